The van der Waals surface area contributed by atoms with E-state index in [1.165, 1.54) is 16.8 Å². The normalized spacial score (nSPS) is 14.8. The summed E-state index contributed by atoms with van der Waals surface area (Å²) in [7, 11) is 0. The summed E-state index contributed by atoms with van der Waals surface area (Å²) in [6.07, 6.45) is 0.848. The molecule has 32 heavy (non-hydrogen) atoms. The molecule has 1 N–H and O–H groups in total. The van der Waals surface area contributed by atoms with Gasteiger partial charge >= 0.3 is 0 Å². The molecule has 1 aromatic heterocycles. The van der Waals surface area contributed by atoms with Gasteiger partial charge in [0.05, 0.1) is 6.54 Å². The molecule has 0 bridgehead atoms. The van der Waals surface area contributed by atoms with Crippen LogP contribution in [-0.4, -0.2) is 27.6 Å². The standard InChI is InChI=1S/C25H26N4O3/c1-16-8-9-20(17(2)14-16)26-23(30)12-13-28-24(31)11-10-21(27-28)25(32)29-18(3)15-19-6-4-5-7-22(19)29/h4-11,14,18H,12-13,15H2,1-3H3,(H,26,30)/t18-/m1/s1. The lowest BCUT2D eigenvalue weighted by molar-refractivity contribution is -0.116. The molecule has 1 aliphatic heterocycles. The summed E-state index contributed by atoms with van der Waals surface area (Å²) in [6.45, 7) is 6.00. The Morgan fingerprint density at radius 3 is 2.66 bits per heavy atom. The van der Waals surface area contributed by atoms with E-state index in [0.717, 1.165) is 34.5 Å². The Morgan fingerprint density at radius 2 is 1.88 bits per heavy atom. The van der Waals surface area contributed by atoms with Gasteiger partial charge in [-0.05, 0) is 56.5 Å². The molecule has 164 valence electrons. The molecule has 0 spiro atoms. The lowest BCUT2D eigenvalue weighted by Gasteiger charge is -2.22. The van der Waals surface area contributed by atoms with Crippen molar-refractivity contribution in [2.75, 3.05) is 10.2 Å². The molecular formula is C25H26N4O3. The minimum Gasteiger partial charge on any atom is -0.326 e. The molecule has 1 atom stereocenters. The fourth-order valence-corrected chi connectivity index (χ4v) is 4.10. The van der Waals surface area contributed by atoms with Crippen LogP contribution in [0.3, 0.4) is 0 Å². The van der Waals surface area contributed by atoms with Crippen molar-refractivity contribution in [2.45, 2.75) is 46.2 Å². The van der Waals surface area contributed by atoms with Crippen LogP contribution in [0.5, 0.6) is 0 Å². The van der Waals surface area contributed by atoms with E-state index in [2.05, 4.69) is 10.4 Å². The molecule has 0 saturated carbocycles. The maximum absolute atomic E-state index is 13.2. The number of hydrogen-bond donors (Lipinski definition) is 1. The zero-order valence-electron chi connectivity index (χ0n) is 18.5. The molecule has 0 saturated heterocycles. The summed E-state index contributed by atoms with van der Waals surface area (Å²) < 4.78 is 1.18. The van der Waals surface area contributed by atoms with Gasteiger partial charge in [0.15, 0.2) is 0 Å². The van der Waals surface area contributed by atoms with E-state index in [0.29, 0.717) is 0 Å². The van der Waals surface area contributed by atoms with E-state index in [1.54, 1.807) is 4.90 Å². The summed E-state index contributed by atoms with van der Waals surface area (Å²) in [5.41, 5.74) is 4.65. The van der Waals surface area contributed by atoms with Gasteiger partial charge in [-0.1, -0.05) is 35.9 Å². The van der Waals surface area contributed by atoms with Gasteiger partial charge in [-0.25, -0.2) is 4.68 Å². The Morgan fingerprint density at radius 1 is 1.09 bits per heavy atom. The molecule has 1 aliphatic rings. The second kappa shape index (κ2) is 8.78. The number of anilines is 2. The molecule has 2 amide bonds. The number of nitrogens with zero attached hydrogens (tertiary/aromatic N) is 3. The molecule has 0 radical (unpaired) electrons. The number of aryl methyl sites for hydroxylation is 3. The number of fused-ring (bicyclic) bond motifs is 1. The van der Waals surface area contributed by atoms with Crippen LogP contribution < -0.4 is 15.8 Å². The number of carbonyl (C=O) groups excluding carboxylic acids is 2. The maximum Gasteiger partial charge on any atom is 0.278 e. The lowest BCUT2D eigenvalue weighted by Crippen LogP contribution is -2.37. The number of rotatable bonds is 5. The first-order chi connectivity index (χ1) is 15.3. The number of para-hydroxylation sites is 1. The van der Waals surface area contributed by atoms with Crippen LogP contribution in [-0.2, 0) is 17.8 Å². The van der Waals surface area contributed by atoms with E-state index in [1.807, 2.05) is 63.2 Å². The van der Waals surface area contributed by atoms with Crippen LogP contribution in [0, 0.1) is 13.8 Å². The second-order valence-electron chi connectivity index (χ2n) is 8.25. The molecular weight excluding hydrogens is 404 g/mol. The van der Waals surface area contributed by atoms with Crippen LogP contribution in [0.4, 0.5) is 11.4 Å². The van der Waals surface area contributed by atoms with Crippen molar-refractivity contribution in [1.82, 2.24) is 9.78 Å². The summed E-state index contributed by atoms with van der Waals surface area (Å²) in [5, 5.41) is 7.13. The minimum absolute atomic E-state index is 0.00519. The highest BCUT2D eigenvalue weighted by atomic mass is 16.2. The monoisotopic (exact) mass is 430 g/mol. The quantitative estimate of drug-likeness (QED) is 0.672. The summed E-state index contributed by atoms with van der Waals surface area (Å²) in [6, 6.07) is 16.4. The zero-order chi connectivity index (χ0) is 22.8. The van der Waals surface area contributed by atoms with Crippen LogP contribution in [0.25, 0.3) is 0 Å². The number of benzene rings is 2. The van der Waals surface area contributed by atoms with Gasteiger partial charge in [-0.15, -0.1) is 0 Å². The van der Waals surface area contributed by atoms with E-state index in [9.17, 15) is 14.4 Å². The molecule has 2 aromatic carbocycles. The van der Waals surface area contributed by atoms with Gasteiger partial charge in [0.25, 0.3) is 11.5 Å². The van der Waals surface area contributed by atoms with Crippen LogP contribution >= 0.6 is 0 Å². The molecule has 0 fully saturated rings. The van der Waals surface area contributed by atoms with E-state index >= 15 is 0 Å². The Bertz CT molecular complexity index is 1250. The van der Waals surface area contributed by atoms with Crippen molar-refractivity contribution < 1.29 is 9.59 Å². The third kappa shape index (κ3) is 4.32. The van der Waals surface area contributed by atoms with Gasteiger partial charge in [-0.3, -0.25) is 14.4 Å². The SMILES string of the molecule is Cc1ccc(NC(=O)CCn2nc(C(=O)N3c4ccccc4C[C@H]3C)ccc2=O)c(C)c1. The number of nitrogens with one attached hydrogen (secondary N) is 1. The van der Waals surface area contributed by atoms with Crippen molar-refractivity contribution in [3.63, 3.8) is 0 Å². The van der Waals surface area contributed by atoms with Gasteiger partial charge < -0.3 is 10.2 Å². The van der Waals surface area contributed by atoms with Crippen molar-refractivity contribution in [3.8, 4) is 0 Å². The number of hydrogen-bond acceptors (Lipinski definition) is 4. The largest absolute Gasteiger partial charge is 0.326 e. The predicted octanol–water partition coefficient (Wildman–Crippen LogP) is 3.48. The second-order valence-corrected chi connectivity index (χ2v) is 8.25. The molecule has 7 heteroatoms. The Labute approximate surface area is 186 Å². The first-order valence-corrected chi connectivity index (χ1v) is 10.7. The average molecular weight is 431 g/mol. The fourth-order valence-electron chi connectivity index (χ4n) is 4.10. The first-order valence-electron chi connectivity index (χ1n) is 10.7. The van der Waals surface area contributed by atoms with E-state index < -0.39 is 0 Å². The number of amides is 2. The summed E-state index contributed by atoms with van der Waals surface area (Å²) >= 11 is 0. The third-order valence-corrected chi connectivity index (χ3v) is 5.72. The van der Waals surface area contributed by atoms with Gasteiger partial charge in [0, 0.05) is 29.9 Å². The number of aromatic nitrogens is 2. The summed E-state index contributed by atoms with van der Waals surface area (Å²) in [5.74, 6) is -0.472. The third-order valence-electron chi connectivity index (χ3n) is 5.72. The van der Waals surface area contributed by atoms with E-state index in [4.69, 9.17) is 0 Å². The Kier molecular flexibility index (Phi) is 5.90. The minimum atomic E-state index is -0.351. The highest BCUT2D eigenvalue weighted by Crippen LogP contribution is 2.32. The van der Waals surface area contributed by atoms with E-state index in [-0.39, 0.29) is 42.1 Å². The highest BCUT2D eigenvalue weighted by molar-refractivity contribution is 6.06. The molecule has 0 aliphatic carbocycles. The average Bonchev–Trinajstić information content (AvgIpc) is 3.10. The number of carbonyl (C=O) groups is 2. The molecule has 4 rings (SSSR count). The molecule has 7 nitrogen and oxygen atoms in total. The smallest absolute Gasteiger partial charge is 0.278 e. The maximum atomic E-state index is 13.2. The molecule has 2 heterocycles. The van der Waals surface area contributed by atoms with Crippen LogP contribution in [0.1, 0.15) is 40.5 Å². The first kappa shape index (κ1) is 21.5. The Hall–Kier alpha value is -3.74. The van der Waals surface area contributed by atoms with Crippen LogP contribution in [0.2, 0.25) is 0 Å². The summed E-state index contributed by atoms with van der Waals surface area (Å²) in [4.78, 5) is 39.6. The van der Waals surface area contributed by atoms with Crippen molar-refractivity contribution in [2.24, 2.45) is 0 Å². The van der Waals surface area contributed by atoms with Gasteiger partial charge in [0.2, 0.25) is 5.91 Å². The molecule has 3 aromatic rings. The highest BCUT2D eigenvalue weighted by Gasteiger charge is 2.32. The predicted molar refractivity (Wildman–Crippen MR) is 124 cm³/mol. The van der Waals surface area contributed by atoms with Crippen molar-refractivity contribution in [3.05, 3.63) is 87.3 Å². The molecule has 0 unspecified atom stereocenters. The topological polar surface area (TPSA) is 84.3 Å². The van der Waals surface area contributed by atoms with Gasteiger partial charge in [0.1, 0.15) is 5.69 Å². The van der Waals surface area contributed by atoms with Crippen molar-refractivity contribution >= 4 is 23.2 Å². The zero-order valence-corrected chi connectivity index (χ0v) is 18.5. The Balaban J connectivity index is 1.48. The van der Waals surface area contributed by atoms with Crippen LogP contribution in [0.15, 0.2) is 59.4 Å². The lowest BCUT2D eigenvalue weighted by atomic mass is 10.1. The van der Waals surface area contributed by atoms with Crippen molar-refractivity contribution in [1.29, 1.82) is 0 Å². The fraction of sp³-hybridized carbons (Fsp3) is 0.280. The van der Waals surface area contributed by atoms with Gasteiger partial charge in [-0.2, -0.15) is 5.10 Å².